The third kappa shape index (κ3) is 4.47. The van der Waals surface area contributed by atoms with Gasteiger partial charge in [0.1, 0.15) is 11.3 Å². The molecule has 0 aliphatic heterocycles. The van der Waals surface area contributed by atoms with Crippen molar-refractivity contribution in [2.75, 3.05) is 18.5 Å². The number of benzene rings is 1. The normalized spacial score (nSPS) is 10.6. The van der Waals surface area contributed by atoms with Crippen LogP contribution in [0, 0.1) is 0 Å². The van der Waals surface area contributed by atoms with Crippen LogP contribution in [-0.2, 0) is 6.54 Å². The summed E-state index contributed by atoms with van der Waals surface area (Å²) in [5.74, 6) is 0.759. The van der Waals surface area contributed by atoms with Crippen LogP contribution in [-0.4, -0.2) is 33.9 Å². The van der Waals surface area contributed by atoms with E-state index in [1.54, 1.807) is 23.3 Å². The molecule has 2 heterocycles. The zero-order valence-corrected chi connectivity index (χ0v) is 14.1. The van der Waals surface area contributed by atoms with Crippen molar-refractivity contribution in [2.45, 2.75) is 19.9 Å². The first-order valence-electron chi connectivity index (χ1n) is 8.30. The predicted molar refractivity (Wildman–Crippen MR) is 96.8 cm³/mol. The second-order valence-corrected chi connectivity index (χ2v) is 5.50. The average Bonchev–Trinajstić information content (AvgIpc) is 3.09. The number of carbonyl (C=O) groups excluding carboxylic acids is 1. The van der Waals surface area contributed by atoms with E-state index in [-0.39, 0.29) is 6.03 Å². The minimum Gasteiger partial charge on any atom is -0.491 e. The largest absolute Gasteiger partial charge is 0.491 e. The van der Waals surface area contributed by atoms with E-state index < -0.39 is 0 Å². The number of fused-ring (bicyclic) bond motifs is 1. The molecule has 3 rings (SSSR count). The molecule has 0 aliphatic carbocycles. The fourth-order valence-electron chi connectivity index (χ4n) is 2.43. The molecule has 25 heavy (non-hydrogen) atoms. The van der Waals surface area contributed by atoms with Crippen molar-refractivity contribution < 1.29 is 9.53 Å². The molecule has 7 heteroatoms. The molecule has 0 bridgehead atoms. The van der Waals surface area contributed by atoms with E-state index in [2.05, 4.69) is 20.7 Å². The lowest BCUT2D eigenvalue weighted by molar-refractivity contribution is 0.250. The van der Waals surface area contributed by atoms with Crippen molar-refractivity contribution in [3.63, 3.8) is 0 Å². The van der Waals surface area contributed by atoms with E-state index in [1.807, 2.05) is 37.3 Å². The van der Waals surface area contributed by atoms with Crippen molar-refractivity contribution >= 4 is 22.6 Å². The predicted octanol–water partition coefficient (Wildman–Crippen LogP) is 3.04. The van der Waals surface area contributed by atoms with Gasteiger partial charge in [-0.05, 0) is 25.5 Å². The number of para-hydroxylation sites is 1. The molecule has 0 unspecified atom stereocenters. The molecule has 2 aromatic heterocycles. The fourth-order valence-corrected chi connectivity index (χ4v) is 2.43. The molecule has 0 saturated carbocycles. The highest BCUT2D eigenvalue weighted by atomic mass is 16.5. The summed E-state index contributed by atoms with van der Waals surface area (Å²) >= 11 is 0. The van der Waals surface area contributed by atoms with Gasteiger partial charge >= 0.3 is 6.03 Å². The summed E-state index contributed by atoms with van der Waals surface area (Å²) in [6, 6.07) is 9.51. The van der Waals surface area contributed by atoms with E-state index >= 15 is 0 Å². The summed E-state index contributed by atoms with van der Waals surface area (Å²) in [7, 11) is 0. The first-order chi connectivity index (χ1) is 12.3. The number of nitrogens with zero attached hydrogens (tertiary/aromatic N) is 3. The van der Waals surface area contributed by atoms with Gasteiger partial charge < -0.3 is 15.4 Å². The van der Waals surface area contributed by atoms with Crippen LogP contribution in [0.3, 0.4) is 0 Å². The van der Waals surface area contributed by atoms with Crippen molar-refractivity contribution in [1.29, 1.82) is 0 Å². The van der Waals surface area contributed by atoms with Gasteiger partial charge in [0.15, 0.2) is 0 Å². The summed E-state index contributed by atoms with van der Waals surface area (Å²) in [6.07, 6.45) is 5.86. The van der Waals surface area contributed by atoms with Crippen LogP contribution in [0.1, 0.15) is 13.3 Å². The number of ether oxygens (including phenoxy) is 1. The molecule has 130 valence electrons. The number of amides is 2. The lowest BCUT2D eigenvalue weighted by atomic mass is 10.2. The molecule has 0 radical (unpaired) electrons. The molecule has 7 nitrogen and oxygen atoms in total. The molecule has 1 aromatic carbocycles. The topological polar surface area (TPSA) is 81.1 Å². The number of hydrogen-bond donors (Lipinski definition) is 2. The minimum atomic E-state index is -0.248. The van der Waals surface area contributed by atoms with Crippen LogP contribution in [0.25, 0.3) is 10.9 Å². The van der Waals surface area contributed by atoms with Crippen molar-refractivity contribution in [3.05, 3.63) is 48.9 Å². The van der Waals surface area contributed by atoms with Gasteiger partial charge in [0.25, 0.3) is 0 Å². The number of rotatable bonds is 7. The molecular weight excluding hydrogens is 318 g/mol. The van der Waals surface area contributed by atoms with Gasteiger partial charge in [0.05, 0.1) is 18.5 Å². The molecule has 0 atom stereocenters. The molecule has 0 fully saturated rings. The Balaban J connectivity index is 1.40. The fraction of sp³-hybridized carbons (Fsp3) is 0.278. The average molecular weight is 339 g/mol. The van der Waals surface area contributed by atoms with E-state index in [1.165, 1.54) is 0 Å². The molecule has 2 amide bonds. The zero-order chi connectivity index (χ0) is 17.5. The highest BCUT2D eigenvalue weighted by Crippen LogP contribution is 2.22. The van der Waals surface area contributed by atoms with Crippen LogP contribution in [0.15, 0.2) is 48.9 Å². The van der Waals surface area contributed by atoms with E-state index in [4.69, 9.17) is 4.74 Å². The van der Waals surface area contributed by atoms with Gasteiger partial charge in [-0.2, -0.15) is 5.10 Å². The number of nitrogens with one attached hydrogen (secondary N) is 2. The summed E-state index contributed by atoms with van der Waals surface area (Å²) in [5.41, 5.74) is 1.53. The smallest absolute Gasteiger partial charge is 0.319 e. The quantitative estimate of drug-likeness (QED) is 0.648. The Morgan fingerprint density at radius 1 is 1.28 bits per heavy atom. The maximum absolute atomic E-state index is 11.8. The summed E-state index contributed by atoms with van der Waals surface area (Å²) < 4.78 is 7.54. The minimum absolute atomic E-state index is 0.248. The van der Waals surface area contributed by atoms with Crippen LogP contribution in [0.5, 0.6) is 5.75 Å². The molecular formula is C18H21N5O2. The van der Waals surface area contributed by atoms with Gasteiger partial charge in [0.2, 0.25) is 0 Å². The first kappa shape index (κ1) is 16.8. The maximum atomic E-state index is 11.8. The Labute approximate surface area is 146 Å². The van der Waals surface area contributed by atoms with Crippen LogP contribution < -0.4 is 15.4 Å². The number of aromatic nitrogens is 3. The lowest BCUT2D eigenvalue weighted by Crippen LogP contribution is -2.30. The van der Waals surface area contributed by atoms with Crippen molar-refractivity contribution in [3.8, 4) is 5.75 Å². The number of urea groups is 1. The Kier molecular flexibility index (Phi) is 5.46. The van der Waals surface area contributed by atoms with Crippen LogP contribution in [0.2, 0.25) is 0 Å². The Morgan fingerprint density at radius 3 is 3.00 bits per heavy atom. The molecule has 0 spiro atoms. The van der Waals surface area contributed by atoms with Gasteiger partial charge in [-0.1, -0.05) is 18.2 Å². The highest BCUT2D eigenvalue weighted by Gasteiger charge is 2.04. The van der Waals surface area contributed by atoms with E-state index in [0.717, 1.165) is 23.2 Å². The second kappa shape index (κ2) is 8.14. The Morgan fingerprint density at radius 2 is 2.16 bits per heavy atom. The number of aryl methyl sites for hydroxylation is 1. The summed E-state index contributed by atoms with van der Waals surface area (Å²) in [5, 5.41) is 10.7. The van der Waals surface area contributed by atoms with E-state index in [9.17, 15) is 4.79 Å². The highest BCUT2D eigenvalue weighted by molar-refractivity contribution is 5.88. The van der Waals surface area contributed by atoms with Gasteiger partial charge in [-0.15, -0.1) is 0 Å². The first-order valence-corrected chi connectivity index (χ1v) is 8.30. The number of hydrogen-bond acceptors (Lipinski definition) is 4. The molecule has 3 aromatic rings. The monoisotopic (exact) mass is 339 g/mol. The third-order valence-corrected chi connectivity index (χ3v) is 3.68. The maximum Gasteiger partial charge on any atom is 0.319 e. The van der Waals surface area contributed by atoms with Gasteiger partial charge in [-0.25, -0.2) is 4.79 Å². The summed E-state index contributed by atoms with van der Waals surface area (Å²) in [6.45, 7) is 3.78. The van der Waals surface area contributed by atoms with Crippen molar-refractivity contribution in [2.24, 2.45) is 0 Å². The number of pyridine rings is 1. The standard InChI is InChI=1S/C18H21N5O2/c1-2-23-13-15(12-21-23)22-18(24)20-10-5-11-25-16-8-3-6-14-7-4-9-19-17(14)16/h3-4,6-9,12-13H,2,5,10-11H2,1H3,(H2,20,22,24). The van der Waals surface area contributed by atoms with Gasteiger partial charge in [-0.3, -0.25) is 9.67 Å². The van der Waals surface area contributed by atoms with Crippen molar-refractivity contribution in [1.82, 2.24) is 20.1 Å². The zero-order valence-electron chi connectivity index (χ0n) is 14.1. The second-order valence-electron chi connectivity index (χ2n) is 5.50. The van der Waals surface area contributed by atoms with E-state index in [0.29, 0.717) is 25.3 Å². The van der Waals surface area contributed by atoms with Gasteiger partial charge in [0, 0.05) is 30.9 Å². The van der Waals surface area contributed by atoms with Crippen LogP contribution >= 0.6 is 0 Å². The lowest BCUT2D eigenvalue weighted by Gasteiger charge is -2.09. The SMILES string of the molecule is CCn1cc(NC(=O)NCCCOc2cccc3cccnc23)cn1. The molecule has 0 saturated heterocycles. The third-order valence-electron chi connectivity index (χ3n) is 3.68. The molecule has 2 N–H and O–H groups in total. The van der Waals surface area contributed by atoms with Crippen LogP contribution in [0.4, 0.5) is 10.5 Å². The summed E-state index contributed by atoms with van der Waals surface area (Å²) in [4.78, 5) is 16.2. The molecule has 0 aliphatic rings. The Bertz CT molecular complexity index is 841. The number of carbonyl (C=O) groups is 1. The Hall–Kier alpha value is -3.09. The number of anilines is 1.